The predicted octanol–water partition coefficient (Wildman–Crippen LogP) is 4.94. The van der Waals surface area contributed by atoms with Crippen molar-refractivity contribution in [2.45, 2.75) is 24.2 Å². The van der Waals surface area contributed by atoms with Gasteiger partial charge in [-0.2, -0.15) is 0 Å². The fourth-order valence-electron chi connectivity index (χ4n) is 3.55. The van der Waals surface area contributed by atoms with E-state index in [1.54, 1.807) is 7.11 Å². The second kappa shape index (κ2) is 6.95. The maximum absolute atomic E-state index is 12.5. The van der Waals surface area contributed by atoms with Gasteiger partial charge in [0.2, 0.25) is 0 Å². The van der Waals surface area contributed by atoms with E-state index in [1.807, 2.05) is 17.5 Å². The number of ether oxygens (including phenoxy) is 1. The minimum Gasteiger partial charge on any atom is -0.496 e. The number of benzene rings is 2. The van der Waals surface area contributed by atoms with Gasteiger partial charge in [-0.25, -0.2) is 0 Å². The van der Waals surface area contributed by atoms with Crippen LogP contribution in [0.2, 0.25) is 0 Å². The largest absolute Gasteiger partial charge is 0.496 e. The molecular weight excluding hydrogens is 388 g/mol. The lowest BCUT2D eigenvalue weighted by Crippen LogP contribution is -2.27. The Kier molecular flexibility index (Phi) is 4.73. The van der Waals surface area contributed by atoms with Crippen molar-refractivity contribution in [2.75, 3.05) is 13.7 Å². The average molecular weight is 411 g/mol. The summed E-state index contributed by atoms with van der Waals surface area (Å²) >= 11 is 6.03. The third kappa shape index (κ3) is 2.92. The second-order valence-electron chi connectivity index (χ2n) is 7.51. The summed E-state index contributed by atoms with van der Waals surface area (Å²) in [5, 5.41) is 3.80. The lowest BCUT2D eigenvalue weighted by molar-refractivity contribution is 0.416. The van der Waals surface area contributed by atoms with Gasteiger partial charge in [0, 0.05) is 33.2 Å². The molecule has 0 aliphatic carbocycles. The quantitative estimate of drug-likeness (QED) is 0.417. The average Bonchev–Trinajstić information content (AvgIpc) is 3.19. The van der Waals surface area contributed by atoms with Gasteiger partial charge in [-0.1, -0.05) is 38.1 Å². The van der Waals surface area contributed by atoms with Crippen LogP contribution in [0.1, 0.15) is 19.4 Å². The molecule has 3 N–H and O–H groups in total. The number of nitrogens with two attached hydrogens (primary N) is 1. The van der Waals surface area contributed by atoms with Gasteiger partial charge >= 0.3 is 0 Å². The third-order valence-corrected chi connectivity index (χ3v) is 6.60. The number of hydrogen-bond acceptors (Lipinski definition) is 5. The lowest BCUT2D eigenvalue weighted by Gasteiger charge is -2.23. The van der Waals surface area contributed by atoms with Crippen LogP contribution in [0.4, 0.5) is 0 Å². The summed E-state index contributed by atoms with van der Waals surface area (Å²) < 4.78 is 6.41. The first-order chi connectivity index (χ1) is 13.4. The van der Waals surface area contributed by atoms with Crippen molar-refractivity contribution in [1.29, 1.82) is 0 Å². The van der Waals surface area contributed by atoms with E-state index in [0.717, 1.165) is 33.2 Å². The normalized spacial score (nSPS) is 12.0. The molecule has 0 spiro atoms. The van der Waals surface area contributed by atoms with Crippen molar-refractivity contribution in [3.8, 4) is 16.9 Å². The molecule has 4 rings (SSSR count). The molecule has 6 heteroatoms. The highest BCUT2D eigenvalue weighted by Crippen LogP contribution is 2.43. The molecule has 2 aromatic heterocycles. The molecule has 4 nitrogen and oxygen atoms in total. The van der Waals surface area contributed by atoms with Crippen LogP contribution < -0.4 is 16.0 Å². The molecule has 2 heterocycles. The predicted molar refractivity (Wildman–Crippen MR) is 121 cm³/mol. The van der Waals surface area contributed by atoms with Crippen LogP contribution in [-0.4, -0.2) is 18.6 Å². The van der Waals surface area contributed by atoms with E-state index in [0.29, 0.717) is 16.1 Å². The van der Waals surface area contributed by atoms with Crippen LogP contribution in [0, 0.1) is 0 Å². The van der Waals surface area contributed by atoms with Crippen LogP contribution in [0.5, 0.6) is 5.75 Å². The summed E-state index contributed by atoms with van der Waals surface area (Å²) in [5.74, 6) is 0.725. The van der Waals surface area contributed by atoms with E-state index in [-0.39, 0.29) is 11.0 Å². The molecule has 0 atom stereocenters. The molecule has 0 amide bonds. The van der Waals surface area contributed by atoms with E-state index >= 15 is 0 Å². The molecule has 0 saturated carbocycles. The molecule has 0 aliphatic heterocycles. The summed E-state index contributed by atoms with van der Waals surface area (Å²) in [6.07, 6.45) is 0. The summed E-state index contributed by atoms with van der Waals surface area (Å²) in [5.41, 5.74) is 9.62. The number of pyridine rings is 1. The maximum atomic E-state index is 12.5. The van der Waals surface area contributed by atoms with Gasteiger partial charge in [0.15, 0.2) is 0 Å². The van der Waals surface area contributed by atoms with Crippen molar-refractivity contribution < 1.29 is 4.74 Å². The van der Waals surface area contributed by atoms with E-state index in [1.165, 1.54) is 16.9 Å². The smallest absolute Gasteiger partial charge is 0.266 e. The zero-order valence-corrected chi connectivity index (χ0v) is 17.7. The van der Waals surface area contributed by atoms with E-state index < -0.39 is 0 Å². The highest BCUT2D eigenvalue weighted by molar-refractivity contribution is 7.80. The number of thiol groups is 1. The minimum absolute atomic E-state index is 0.0918. The molecule has 28 heavy (non-hydrogen) atoms. The molecule has 4 aromatic rings. The van der Waals surface area contributed by atoms with Crippen molar-refractivity contribution in [1.82, 2.24) is 4.98 Å². The lowest BCUT2D eigenvalue weighted by atomic mass is 9.84. The molecule has 2 aromatic carbocycles. The van der Waals surface area contributed by atoms with Crippen LogP contribution in [0.3, 0.4) is 0 Å². The molecule has 0 unspecified atom stereocenters. The first-order valence-electron chi connectivity index (χ1n) is 9.01. The highest BCUT2D eigenvalue weighted by atomic mass is 32.1. The van der Waals surface area contributed by atoms with Crippen LogP contribution in [-0.2, 0) is 5.41 Å². The Bertz CT molecular complexity index is 1240. The standard InChI is InChI=1S/C22H22N2O2S2/c1-22(2,11-23)13-6-4-12(5-7-13)17-15(26-3)10-16(27)19-18(17)14-8-9-28-20(14)21(25)24-19/h4-10,27H,11,23H2,1-3H3,(H,24,25). The monoisotopic (exact) mass is 410 g/mol. The molecule has 0 radical (unpaired) electrons. The number of hydrogen-bond donors (Lipinski definition) is 3. The summed E-state index contributed by atoms with van der Waals surface area (Å²) in [7, 11) is 1.65. The topological polar surface area (TPSA) is 68.1 Å². The SMILES string of the molecule is COc1cc(S)c2[nH]c(=O)c3sccc3c2c1-c1ccc(C(C)(C)CN)cc1. The second-order valence-corrected chi connectivity index (χ2v) is 8.90. The molecule has 0 aliphatic rings. The van der Waals surface area contributed by atoms with Crippen molar-refractivity contribution in [3.63, 3.8) is 0 Å². The van der Waals surface area contributed by atoms with E-state index in [2.05, 4.69) is 55.7 Å². The number of aromatic amines is 1. The van der Waals surface area contributed by atoms with Gasteiger partial charge in [-0.05, 0) is 28.6 Å². The Morgan fingerprint density at radius 3 is 2.57 bits per heavy atom. The summed E-state index contributed by atoms with van der Waals surface area (Å²) in [6.45, 7) is 4.84. The van der Waals surface area contributed by atoms with Crippen LogP contribution in [0.15, 0.2) is 51.5 Å². The number of aromatic nitrogens is 1. The molecule has 0 bridgehead atoms. The Morgan fingerprint density at radius 2 is 1.93 bits per heavy atom. The van der Waals surface area contributed by atoms with Gasteiger partial charge in [-0.15, -0.1) is 24.0 Å². The molecule has 0 saturated heterocycles. The zero-order chi connectivity index (χ0) is 20.1. The minimum atomic E-state index is -0.0936. The first-order valence-corrected chi connectivity index (χ1v) is 10.3. The van der Waals surface area contributed by atoms with Crippen molar-refractivity contribution in [3.05, 3.63) is 57.7 Å². The highest BCUT2D eigenvalue weighted by Gasteiger charge is 2.21. The fourth-order valence-corrected chi connectivity index (χ4v) is 4.63. The van der Waals surface area contributed by atoms with Crippen molar-refractivity contribution in [2.24, 2.45) is 5.73 Å². The van der Waals surface area contributed by atoms with Gasteiger partial charge < -0.3 is 15.5 Å². The number of rotatable bonds is 4. The Labute approximate surface area is 172 Å². The molecular formula is C22H22N2O2S2. The summed E-state index contributed by atoms with van der Waals surface area (Å²) in [4.78, 5) is 16.2. The van der Waals surface area contributed by atoms with E-state index in [4.69, 9.17) is 10.5 Å². The van der Waals surface area contributed by atoms with Crippen LogP contribution >= 0.6 is 24.0 Å². The Balaban J connectivity index is 2.07. The Hall–Kier alpha value is -2.28. The third-order valence-electron chi connectivity index (χ3n) is 5.33. The number of fused-ring (bicyclic) bond motifs is 3. The zero-order valence-electron chi connectivity index (χ0n) is 16.0. The van der Waals surface area contributed by atoms with Crippen molar-refractivity contribution >= 4 is 45.0 Å². The number of H-pyrrole nitrogens is 1. The number of nitrogens with one attached hydrogen (secondary N) is 1. The summed E-state index contributed by atoms with van der Waals surface area (Å²) in [6, 6.07) is 12.2. The molecule has 144 valence electrons. The van der Waals surface area contributed by atoms with Gasteiger partial charge in [0.05, 0.1) is 12.6 Å². The number of thiophene rings is 1. The first kappa shape index (κ1) is 19.1. The van der Waals surface area contributed by atoms with Crippen LogP contribution in [0.25, 0.3) is 32.1 Å². The maximum Gasteiger partial charge on any atom is 0.266 e. The fraction of sp³-hybridized carbons (Fsp3) is 0.227. The van der Waals surface area contributed by atoms with Gasteiger partial charge in [-0.3, -0.25) is 4.79 Å². The van der Waals surface area contributed by atoms with E-state index in [9.17, 15) is 4.79 Å². The molecule has 0 fully saturated rings. The number of methoxy groups -OCH3 is 1. The van der Waals surface area contributed by atoms with Gasteiger partial charge in [0.25, 0.3) is 5.56 Å². The Morgan fingerprint density at radius 1 is 1.21 bits per heavy atom. The van der Waals surface area contributed by atoms with Gasteiger partial charge in [0.1, 0.15) is 10.4 Å².